The number of amides is 1. The summed E-state index contributed by atoms with van der Waals surface area (Å²) >= 11 is 0. The maximum absolute atomic E-state index is 12.4. The molecule has 1 amide bonds. The van der Waals surface area contributed by atoms with Gasteiger partial charge in [0.1, 0.15) is 12.3 Å². The number of benzene rings is 2. The minimum Gasteiger partial charge on any atom is -0.497 e. The normalized spacial score (nSPS) is 11.1. The molecule has 1 N–H and O–H groups in total. The highest BCUT2D eigenvalue weighted by Gasteiger charge is 2.23. The van der Waals surface area contributed by atoms with E-state index in [-0.39, 0.29) is 12.5 Å². The summed E-state index contributed by atoms with van der Waals surface area (Å²) < 4.78 is 30.7. The number of nitrogens with one attached hydrogen (secondary N) is 1. The molecule has 0 heterocycles. The topological polar surface area (TPSA) is 75.7 Å². The number of aryl methyl sites for hydroxylation is 2. The van der Waals surface area contributed by atoms with Gasteiger partial charge >= 0.3 is 0 Å². The number of carbonyl (C=O) groups is 1. The third-order valence-corrected chi connectivity index (χ3v) is 5.14. The molecule has 0 saturated carbocycles. The molecule has 0 unspecified atom stereocenters. The fraction of sp³-hybridized carbons (Fsp3) is 0.316. The van der Waals surface area contributed by atoms with E-state index in [1.54, 1.807) is 19.2 Å². The lowest BCUT2D eigenvalue weighted by atomic mass is 10.1. The summed E-state index contributed by atoms with van der Waals surface area (Å²) in [6.07, 6.45) is 1.11. The first kappa shape index (κ1) is 19.8. The molecule has 7 heteroatoms. The second kappa shape index (κ2) is 8.23. The molecule has 0 atom stereocenters. The highest BCUT2D eigenvalue weighted by molar-refractivity contribution is 7.92. The number of para-hydroxylation sites is 1. The Kier molecular flexibility index (Phi) is 6.26. The Morgan fingerprint density at radius 1 is 1.08 bits per heavy atom. The summed E-state index contributed by atoms with van der Waals surface area (Å²) in [5.74, 6) is 0.368. The van der Waals surface area contributed by atoms with Gasteiger partial charge in [0.05, 0.1) is 19.1 Å². The van der Waals surface area contributed by atoms with Crippen LogP contribution >= 0.6 is 0 Å². The molecule has 0 aliphatic carbocycles. The number of carbonyl (C=O) groups excluding carboxylic acids is 1. The van der Waals surface area contributed by atoms with Gasteiger partial charge in [-0.2, -0.15) is 0 Å². The second-order valence-electron chi connectivity index (χ2n) is 6.13. The molecule has 0 aliphatic heterocycles. The maximum Gasteiger partial charge on any atom is 0.241 e. The van der Waals surface area contributed by atoms with E-state index in [9.17, 15) is 13.2 Å². The van der Waals surface area contributed by atoms with E-state index in [2.05, 4.69) is 5.32 Å². The number of ether oxygens (including phenoxy) is 1. The summed E-state index contributed by atoms with van der Waals surface area (Å²) in [4.78, 5) is 12.4. The zero-order chi connectivity index (χ0) is 19.3. The smallest absolute Gasteiger partial charge is 0.241 e. The minimum absolute atomic E-state index is 0.263. The molecule has 0 bridgehead atoms. The van der Waals surface area contributed by atoms with Gasteiger partial charge in [-0.25, -0.2) is 8.42 Å². The van der Waals surface area contributed by atoms with Crippen molar-refractivity contribution >= 4 is 21.6 Å². The zero-order valence-corrected chi connectivity index (χ0v) is 16.3. The lowest BCUT2D eigenvalue weighted by Crippen LogP contribution is -2.40. The van der Waals surface area contributed by atoms with Gasteiger partial charge in [0.2, 0.25) is 15.9 Å². The van der Waals surface area contributed by atoms with Gasteiger partial charge in [0.25, 0.3) is 0 Å². The van der Waals surface area contributed by atoms with Crippen LogP contribution < -0.4 is 14.4 Å². The van der Waals surface area contributed by atoms with Crippen molar-refractivity contribution < 1.29 is 17.9 Å². The molecule has 0 saturated heterocycles. The largest absolute Gasteiger partial charge is 0.497 e. The van der Waals surface area contributed by atoms with Crippen molar-refractivity contribution in [1.82, 2.24) is 5.32 Å². The van der Waals surface area contributed by atoms with Crippen molar-refractivity contribution in [3.8, 4) is 5.75 Å². The van der Waals surface area contributed by atoms with Crippen LogP contribution in [-0.4, -0.2) is 34.2 Å². The lowest BCUT2D eigenvalue weighted by Gasteiger charge is -2.25. The molecular weight excluding hydrogens is 352 g/mol. The van der Waals surface area contributed by atoms with E-state index in [1.165, 1.54) is 0 Å². The molecule has 0 aromatic heterocycles. The Bertz CT molecular complexity index is 857. The van der Waals surface area contributed by atoms with Gasteiger partial charge in [-0.3, -0.25) is 9.10 Å². The van der Waals surface area contributed by atoms with Crippen LogP contribution in [-0.2, 0) is 21.4 Å². The first-order chi connectivity index (χ1) is 12.2. The SMILES string of the molecule is COc1ccc(CNC(=O)CN(c2c(C)cccc2C)S(C)(=O)=O)cc1. The monoisotopic (exact) mass is 376 g/mol. The van der Waals surface area contributed by atoms with Crippen molar-refractivity contribution in [3.05, 3.63) is 59.2 Å². The summed E-state index contributed by atoms with van der Waals surface area (Å²) in [6, 6.07) is 12.8. The molecular formula is C19H24N2O4S. The Hall–Kier alpha value is -2.54. The van der Waals surface area contributed by atoms with Gasteiger partial charge < -0.3 is 10.1 Å². The quantitative estimate of drug-likeness (QED) is 0.805. The number of anilines is 1. The van der Waals surface area contributed by atoms with Crippen LogP contribution in [0.2, 0.25) is 0 Å². The third-order valence-electron chi connectivity index (χ3n) is 4.03. The molecule has 2 rings (SSSR count). The van der Waals surface area contributed by atoms with Gasteiger partial charge in [-0.05, 0) is 42.7 Å². The Morgan fingerprint density at radius 2 is 1.65 bits per heavy atom. The second-order valence-corrected chi connectivity index (χ2v) is 8.04. The number of rotatable bonds is 7. The zero-order valence-electron chi connectivity index (χ0n) is 15.4. The fourth-order valence-electron chi connectivity index (χ4n) is 2.69. The number of nitrogens with zero attached hydrogens (tertiary/aromatic N) is 1. The minimum atomic E-state index is -3.59. The van der Waals surface area contributed by atoms with E-state index >= 15 is 0 Å². The van der Waals surface area contributed by atoms with Crippen molar-refractivity contribution in [2.75, 3.05) is 24.2 Å². The van der Waals surface area contributed by atoms with Crippen LogP contribution in [0.3, 0.4) is 0 Å². The molecule has 0 spiro atoms. The first-order valence-electron chi connectivity index (χ1n) is 8.16. The van der Waals surface area contributed by atoms with E-state index in [0.29, 0.717) is 12.2 Å². The fourth-order valence-corrected chi connectivity index (χ4v) is 3.66. The molecule has 6 nitrogen and oxygen atoms in total. The van der Waals surface area contributed by atoms with Crippen molar-refractivity contribution in [2.24, 2.45) is 0 Å². The standard InChI is InChI=1S/C19H24N2O4S/c1-14-6-5-7-15(2)19(14)21(26(4,23)24)13-18(22)20-12-16-8-10-17(25-3)11-9-16/h5-11H,12-13H2,1-4H3,(H,20,22). The lowest BCUT2D eigenvalue weighted by molar-refractivity contribution is -0.119. The average Bonchev–Trinajstić information content (AvgIpc) is 2.58. The predicted octanol–water partition coefficient (Wildman–Crippen LogP) is 2.39. The van der Waals surface area contributed by atoms with Crippen molar-refractivity contribution in [2.45, 2.75) is 20.4 Å². The Balaban J connectivity index is 2.12. The highest BCUT2D eigenvalue weighted by Crippen LogP contribution is 2.26. The molecule has 2 aromatic carbocycles. The molecule has 2 aromatic rings. The highest BCUT2D eigenvalue weighted by atomic mass is 32.2. The van der Waals surface area contributed by atoms with E-state index in [4.69, 9.17) is 4.74 Å². The van der Waals surface area contributed by atoms with Crippen LogP contribution in [0.5, 0.6) is 5.75 Å². The molecule has 0 radical (unpaired) electrons. The first-order valence-corrected chi connectivity index (χ1v) is 10.0. The molecule has 26 heavy (non-hydrogen) atoms. The van der Waals surface area contributed by atoms with Gasteiger partial charge in [-0.1, -0.05) is 30.3 Å². The summed E-state index contributed by atoms with van der Waals surface area (Å²) in [5, 5.41) is 2.76. The van der Waals surface area contributed by atoms with Gasteiger partial charge in [-0.15, -0.1) is 0 Å². The van der Waals surface area contributed by atoms with Crippen LogP contribution in [0.4, 0.5) is 5.69 Å². The van der Waals surface area contributed by atoms with Crippen LogP contribution in [0, 0.1) is 13.8 Å². The maximum atomic E-state index is 12.4. The van der Waals surface area contributed by atoms with E-state index < -0.39 is 10.0 Å². The number of methoxy groups -OCH3 is 1. The van der Waals surface area contributed by atoms with Crippen LogP contribution in [0.15, 0.2) is 42.5 Å². The van der Waals surface area contributed by atoms with Crippen molar-refractivity contribution in [1.29, 1.82) is 0 Å². The molecule has 0 aliphatic rings. The van der Waals surface area contributed by atoms with Crippen LogP contribution in [0.25, 0.3) is 0 Å². The number of hydrogen-bond donors (Lipinski definition) is 1. The predicted molar refractivity (Wildman–Crippen MR) is 103 cm³/mol. The Labute approximate surface area is 154 Å². The van der Waals surface area contributed by atoms with E-state index in [1.807, 2.05) is 44.2 Å². The summed E-state index contributed by atoms with van der Waals surface area (Å²) in [7, 11) is -2.01. The summed E-state index contributed by atoms with van der Waals surface area (Å²) in [6.45, 7) is 3.71. The van der Waals surface area contributed by atoms with Crippen LogP contribution in [0.1, 0.15) is 16.7 Å². The van der Waals surface area contributed by atoms with E-state index in [0.717, 1.165) is 33.0 Å². The average molecular weight is 376 g/mol. The van der Waals surface area contributed by atoms with Crippen molar-refractivity contribution in [3.63, 3.8) is 0 Å². The van der Waals surface area contributed by atoms with Gasteiger partial charge in [0, 0.05) is 6.54 Å². The Morgan fingerprint density at radius 3 is 2.15 bits per heavy atom. The third kappa shape index (κ3) is 4.98. The molecule has 0 fully saturated rings. The molecule has 140 valence electrons. The number of sulfonamides is 1. The van der Waals surface area contributed by atoms with Gasteiger partial charge in [0.15, 0.2) is 0 Å². The summed E-state index contributed by atoms with van der Waals surface area (Å²) in [5.41, 5.74) is 3.06. The number of hydrogen-bond acceptors (Lipinski definition) is 4.